The van der Waals surface area contributed by atoms with Crippen molar-refractivity contribution in [2.24, 2.45) is 0 Å². The van der Waals surface area contributed by atoms with Gasteiger partial charge in [-0.15, -0.1) is 11.8 Å². The van der Waals surface area contributed by atoms with Crippen LogP contribution in [0.5, 0.6) is 0 Å². The van der Waals surface area contributed by atoms with E-state index in [1.165, 1.54) is 28.4 Å². The molecule has 2 fully saturated rings. The van der Waals surface area contributed by atoms with Crippen molar-refractivity contribution < 1.29 is 29.0 Å². The minimum absolute atomic E-state index is 0.152. The number of carbonyl (C=O) groups is 4. The number of hydrogen-bond donors (Lipinski definition) is 2. The largest absolute Gasteiger partial charge is 0.480 e. The lowest BCUT2D eigenvalue weighted by molar-refractivity contribution is -0.144. The van der Waals surface area contributed by atoms with Crippen molar-refractivity contribution in [1.29, 1.82) is 0 Å². The molecule has 3 amide bonds. The Kier molecular flexibility index (Phi) is 9.80. The van der Waals surface area contributed by atoms with E-state index in [0.717, 1.165) is 5.56 Å². The first-order valence-corrected chi connectivity index (χ1v) is 15.0. The molecule has 0 saturated carbocycles. The number of ether oxygens (including phenoxy) is 1. The van der Waals surface area contributed by atoms with Crippen LogP contribution in [0.25, 0.3) is 0 Å². The van der Waals surface area contributed by atoms with Gasteiger partial charge in [-0.1, -0.05) is 30.3 Å². The summed E-state index contributed by atoms with van der Waals surface area (Å²) < 4.78 is 5.50. The number of carbonyl (C=O) groups excluding carboxylic acids is 3. The molecule has 0 bridgehead atoms. The highest BCUT2D eigenvalue weighted by Gasteiger charge is 2.47. The van der Waals surface area contributed by atoms with Gasteiger partial charge in [-0.3, -0.25) is 14.5 Å². The number of carboxylic acids is 1. The van der Waals surface area contributed by atoms with Crippen LogP contribution in [-0.2, 0) is 24.5 Å². The number of hydrogen-bond acceptors (Lipinski definition) is 7. The van der Waals surface area contributed by atoms with Crippen molar-refractivity contribution in [1.82, 2.24) is 15.1 Å². The molecule has 0 spiro atoms. The van der Waals surface area contributed by atoms with E-state index in [0.29, 0.717) is 49.7 Å². The minimum atomic E-state index is -1.06. The number of nitrogens with one attached hydrogen (secondary N) is 1. The standard InChI is InChI=1S/C26H37N3O6S2/c1-25(2,3)35-24(34)29-17-37-16-20(29)21(30)28-13-11-26(12-14-28,18-8-6-5-7-9-18)23(33)27-19(22(31)32)10-15-36-4/h5-9,19-20H,10-17H2,1-4H3,(H,27,33)(H,31,32). The van der Waals surface area contributed by atoms with Crippen LogP contribution >= 0.6 is 23.5 Å². The van der Waals surface area contributed by atoms with E-state index in [1.54, 1.807) is 25.7 Å². The van der Waals surface area contributed by atoms with Gasteiger partial charge in [0.25, 0.3) is 0 Å². The average Bonchev–Trinajstić information content (AvgIpc) is 3.35. The van der Waals surface area contributed by atoms with Crippen molar-refractivity contribution >= 4 is 47.4 Å². The summed E-state index contributed by atoms with van der Waals surface area (Å²) in [4.78, 5) is 54.8. The van der Waals surface area contributed by atoms with Gasteiger partial charge in [-0.25, -0.2) is 9.59 Å². The Morgan fingerprint density at radius 2 is 1.84 bits per heavy atom. The number of carboxylic acid groups (broad SMARTS) is 1. The van der Waals surface area contributed by atoms with Gasteiger partial charge in [-0.05, 0) is 57.6 Å². The van der Waals surface area contributed by atoms with Gasteiger partial charge in [0, 0.05) is 18.8 Å². The number of nitrogens with zero attached hydrogens (tertiary/aromatic N) is 2. The van der Waals surface area contributed by atoms with Crippen LogP contribution in [0.2, 0.25) is 0 Å². The molecule has 0 radical (unpaired) electrons. The van der Waals surface area contributed by atoms with Gasteiger partial charge in [0.2, 0.25) is 11.8 Å². The molecule has 2 aliphatic rings. The van der Waals surface area contributed by atoms with Crippen LogP contribution in [0, 0.1) is 0 Å². The monoisotopic (exact) mass is 551 g/mol. The fourth-order valence-corrected chi connectivity index (χ4v) is 6.27. The summed E-state index contributed by atoms with van der Waals surface area (Å²) >= 11 is 3.04. The lowest BCUT2D eigenvalue weighted by atomic mass is 9.71. The van der Waals surface area contributed by atoms with Crippen LogP contribution in [0.1, 0.15) is 45.6 Å². The van der Waals surface area contributed by atoms with E-state index in [-0.39, 0.29) is 11.8 Å². The summed E-state index contributed by atoms with van der Waals surface area (Å²) in [6.07, 6.45) is 2.44. The number of piperidine rings is 1. The number of thioether (sulfide) groups is 2. The van der Waals surface area contributed by atoms with Gasteiger partial charge in [0.1, 0.15) is 17.7 Å². The average molecular weight is 552 g/mol. The molecular weight excluding hydrogens is 514 g/mol. The zero-order chi connectivity index (χ0) is 27.2. The molecule has 2 saturated heterocycles. The van der Waals surface area contributed by atoms with Crippen molar-refractivity contribution in [2.45, 2.75) is 63.1 Å². The summed E-state index contributed by atoms with van der Waals surface area (Å²) in [6.45, 7) is 6.03. The molecule has 11 heteroatoms. The molecule has 2 unspecified atom stereocenters. The predicted octanol–water partition coefficient (Wildman–Crippen LogP) is 3.18. The maximum absolute atomic E-state index is 13.6. The minimum Gasteiger partial charge on any atom is -0.480 e. The van der Waals surface area contributed by atoms with Crippen LogP contribution in [0.4, 0.5) is 4.79 Å². The third-order valence-electron chi connectivity index (χ3n) is 6.70. The summed E-state index contributed by atoms with van der Waals surface area (Å²) in [5, 5.41) is 12.4. The molecule has 1 aromatic rings. The first-order valence-electron chi connectivity index (χ1n) is 12.4. The summed E-state index contributed by atoms with van der Waals surface area (Å²) in [5.41, 5.74) is -0.796. The Labute approximate surface area is 227 Å². The van der Waals surface area contributed by atoms with Crippen LogP contribution in [0.3, 0.4) is 0 Å². The fraction of sp³-hybridized carbons (Fsp3) is 0.615. The van der Waals surface area contributed by atoms with Crippen molar-refractivity contribution in [3.63, 3.8) is 0 Å². The molecule has 1 aromatic carbocycles. The van der Waals surface area contributed by atoms with E-state index < -0.39 is 35.2 Å². The zero-order valence-electron chi connectivity index (χ0n) is 21.9. The predicted molar refractivity (Wildman–Crippen MR) is 146 cm³/mol. The molecule has 2 heterocycles. The second-order valence-corrected chi connectivity index (χ2v) is 12.4. The van der Waals surface area contributed by atoms with Crippen molar-refractivity contribution in [3.05, 3.63) is 35.9 Å². The topological polar surface area (TPSA) is 116 Å². The van der Waals surface area contributed by atoms with E-state index in [1.807, 2.05) is 36.6 Å². The molecule has 2 N–H and O–H groups in total. The third kappa shape index (κ3) is 7.13. The maximum atomic E-state index is 13.6. The van der Waals surface area contributed by atoms with Crippen LogP contribution in [0.15, 0.2) is 30.3 Å². The second-order valence-electron chi connectivity index (χ2n) is 10.4. The first kappa shape index (κ1) is 29.2. The Balaban J connectivity index is 1.75. The zero-order valence-corrected chi connectivity index (χ0v) is 23.5. The van der Waals surface area contributed by atoms with Gasteiger partial charge >= 0.3 is 12.1 Å². The molecule has 0 aromatic heterocycles. The summed E-state index contributed by atoms with van der Waals surface area (Å²) in [5.74, 6) is -0.0334. The highest BCUT2D eigenvalue weighted by Crippen LogP contribution is 2.37. The lowest BCUT2D eigenvalue weighted by Gasteiger charge is -2.42. The molecule has 3 rings (SSSR count). The molecule has 2 atom stereocenters. The molecule has 204 valence electrons. The molecular formula is C26H37N3O6S2. The number of benzene rings is 1. The lowest BCUT2D eigenvalue weighted by Crippen LogP contribution is -2.58. The second kappa shape index (κ2) is 12.4. The normalized spacial score (nSPS) is 20.3. The Bertz CT molecular complexity index is 976. The number of aliphatic carboxylic acids is 1. The third-order valence-corrected chi connectivity index (χ3v) is 8.36. The van der Waals surface area contributed by atoms with Gasteiger partial charge in [0.05, 0.1) is 11.3 Å². The van der Waals surface area contributed by atoms with E-state index >= 15 is 0 Å². The van der Waals surface area contributed by atoms with Gasteiger partial charge in [-0.2, -0.15) is 11.8 Å². The van der Waals surface area contributed by atoms with Gasteiger partial charge < -0.3 is 20.1 Å². The van der Waals surface area contributed by atoms with Crippen molar-refractivity contribution in [2.75, 3.05) is 36.7 Å². The first-order chi connectivity index (χ1) is 17.5. The summed E-state index contributed by atoms with van der Waals surface area (Å²) in [6, 6.07) is 7.77. The Hall–Kier alpha value is -2.40. The molecule has 2 aliphatic heterocycles. The van der Waals surface area contributed by atoms with Gasteiger partial charge in [0.15, 0.2) is 0 Å². The quantitative estimate of drug-likeness (QED) is 0.506. The smallest absolute Gasteiger partial charge is 0.411 e. The summed E-state index contributed by atoms with van der Waals surface area (Å²) in [7, 11) is 0. The van der Waals surface area contributed by atoms with E-state index in [4.69, 9.17) is 4.74 Å². The Morgan fingerprint density at radius 3 is 2.41 bits per heavy atom. The van der Waals surface area contributed by atoms with E-state index in [2.05, 4.69) is 5.32 Å². The highest BCUT2D eigenvalue weighted by molar-refractivity contribution is 7.99. The highest BCUT2D eigenvalue weighted by atomic mass is 32.2. The van der Waals surface area contributed by atoms with Crippen LogP contribution < -0.4 is 5.32 Å². The Morgan fingerprint density at radius 1 is 1.19 bits per heavy atom. The fourth-order valence-electron chi connectivity index (χ4n) is 4.66. The number of amides is 3. The number of likely N-dealkylation sites (tertiary alicyclic amines) is 1. The molecule has 9 nitrogen and oxygen atoms in total. The molecule has 37 heavy (non-hydrogen) atoms. The van der Waals surface area contributed by atoms with Crippen molar-refractivity contribution in [3.8, 4) is 0 Å². The van der Waals surface area contributed by atoms with Crippen LogP contribution in [-0.4, -0.2) is 93.2 Å². The SMILES string of the molecule is CSCCC(NC(=O)C1(c2ccccc2)CCN(C(=O)C2CSCN2C(=O)OC(C)(C)C)CC1)C(=O)O. The number of rotatable bonds is 8. The maximum Gasteiger partial charge on any atom is 0.411 e. The molecule has 0 aliphatic carbocycles. The van der Waals surface area contributed by atoms with E-state index in [9.17, 15) is 24.3 Å².